The number of carbonyl (C=O) groups is 4. The van der Waals surface area contributed by atoms with Crippen molar-refractivity contribution in [2.75, 3.05) is 0 Å². The number of rotatable bonds is 14. The van der Waals surface area contributed by atoms with Gasteiger partial charge in [-0.1, -0.05) is 112 Å². The number of carbonyl (C=O) groups excluding carboxylic acids is 4. The first kappa shape index (κ1) is 38.7. The summed E-state index contributed by atoms with van der Waals surface area (Å²) in [5.41, 5.74) is -2.19. The summed E-state index contributed by atoms with van der Waals surface area (Å²) in [4.78, 5) is 59.6. The van der Waals surface area contributed by atoms with E-state index in [4.69, 9.17) is 0 Å². The Morgan fingerprint density at radius 1 is 0.479 bits per heavy atom. The van der Waals surface area contributed by atoms with Crippen LogP contribution in [0.25, 0.3) is 0 Å². The van der Waals surface area contributed by atoms with Crippen LogP contribution in [-0.2, 0) is 19.2 Å². The van der Waals surface area contributed by atoms with Crippen molar-refractivity contribution in [3.63, 3.8) is 0 Å². The Bertz CT molecular complexity index is 971. The predicted octanol–water partition coefficient (Wildman–Crippen LogP) is 7.34. The normalized spacial score (nSPS) is 33.0. The molecule has 0 spiro atoms. The first-order valence-corrected chi connectivity index (χ1v) is 20.4. The van der Waals surface area contributed by atoms with E-state index in [-0.39, 0.29) is 36.5 Å². The van der Waals surface area contributed by atoms with Crippen LogP contribution in [0.15, 0.2) is 0 Å². The maximum atomic E-state index is 15.0. The van der Waals surface area contributed by atoms with Gasteiger partial charge in [-0.15, -0.1) is 0 Å². The second-order valence-electron chi connectivity index (χ2n) is 16.2. The van der Waals surface area contributed by atoms with Gasteiger partial charge in [0, 0.05) is 24.2 Å². The molecule has 4 fully saturated rings. The third-order valence-corrected chi connectivity index (χ3v) is 13.1. The maximum absolute atomic E-state index is 15.0. The third kappa shape index (κ3) is 9.56. The lowest BCUT2D eigenvalue weighted by Gasteiger charge is -2.41. The molecule has 8 nitrogen and oxygen atoms in total. The van der Waals surface area contributed by atoms with Crippen LogP contribution in [0.5, 0.6) is 0 Å². The van der Waals surface area contributed by atoms with Crippen LogP contribution in [0, 0.1) is 35.0 Å². The minimum atomic E-state index is -2.19. The minimum Gasteiger partial charge on any atom is -0.353 e. The lowest BCUT2D eigenvalue weighted by atomic mass is 9.69. The Morgan fingerprint density at radius 3 is 1.04 bits per heavy atom. The molecular formula is C40H70N4O4. The Kier molecular flexibility index (Phi) is 15.1. The van der Waals surface area contributed by atoms with Gasteiger partial charge in [-0.3, -0.25) is 19.2 Å². The Labute approximate surface area is 292 Å². The van der Waals surface area contributed by atoms with Crippen LogP contribution in [0.2, 0.25) is 0 Å². The highest BCUT2D eigenvalue weighted by Crippen LogP contribution is 2.38. The van der Waals surface area contributed by atoms with Gasteiger partial charge in [-0.05, 0) is 81.5 Å². The second kappa shape index (κ2) is 18.8. The number of hydrogen-bond acceptors (Lipinski definition) is 4. The smallest absolute Gasteiger partial charge is 0.246 e. The van der Waals surface area contributed by atoms with Crippen LogP contribution in [0.3, 0.4) is 0 Å². The van der Waals surface area contributed by atoms with Crippen molar-refractivity contribution in [3.8, 4) is 0 Å². The number of amides is 4. The molecular weight excluding hydrogens is 600 g/mol. The minimum absolute atomic E-state index is 0.00638. The van der Waals surface area contributed by atoms with E-state index >= 15 is 14.4 Å². The molecule has 274 valence electrons. The summed E-state index contributed by atoms with van der Waals surface area (Å²) in [7, 11) is 0. The van der Waals surface area contributed by atoms with Crippen LogP contribution in [0.4, 0.5) is 0 Å². The highest BCUT2D eigenvalue weighted by atomic mass is 16.2. The van der Waals surface area contributed by atoms with Gasteiger partial charge in [0.25, 0.3) is 0 Å². The summed E-state index contributed by atoms with van der Waals surface area (Å²) in [6, 6.07) is -0.343. The highest BCUT2D eigenvalue weighted by molar-refractivity contribution is 6.25. The van der Waals surface area contributed by atoms with Crippen LogP contribution < -0.4 is 21.3 Å². The average Bonchev–Trinajstić information content (AvgIpc) is 3.10. The molecule has 0 aromatic rings. The second-order valence-corrected chi connectivity index (χ2v) is 16.2. The van der Waals surface area contributed by atoms with Crippen LogP contribution >= 0.6 is 0 Å². The largest absolute Gasteiger partial charge is 0.353 e. The summed E-state index contributed by atoms with van der Waals surface area (Å²) in [5.74, 6) is -1.12. The van der Waals surface area contributed by atoms with Crippen LogP contribution in [0.1, 0.15) is 169 Å². The Morgan fingerprint density at radius 2 is 0.771 bits per heavy atom. The van der Waals surface area contributed by atoms with Crippen molar-refractivity contribution in [2.24, 2.45) is 35.0 Å². The lowest BCUT2D eigenvalue weighted by molar-refractivity contribution is -0.162. The SMILES string of the molecule is CCC1CCCC(NC(=O)C(CC)C(C(=O)NC2CCCC(CC)C2)(C(=O)NC2CCCC(CC)C2)C(=O)NC2CCCC(CC)C2)C1. The molecule has 0 aromatic carbocycles. The molecule has 0 radical (unpaired) electrons. The summed E-state index contributed by atoms with van der Waals surface area (Å²) < 4.78 is 0. The first-order valence-electron chi connectivity index (χ1n) is 20.4. The molecule has 4 amide bonds. The van der Waals surface area contributed by atoms with E-state index in [1.165, 1.54) is 0 Å². The van der Waals surface area contributed by atoms with Crippen molar-refractivity contribution in [3.05, 3.63) is 0 Å². The maximum Gasteiger partial charge on any atom is 0.246 e. The first-order chi connectivity index (χ1) is 23.2. The predicted molar refractivity (Wildman–Crippen MR) is 193 cm³/mol. The third-order valence-electron chi connectivity index (χ3n) is 13.1. The van der Waals surface area contributed by atoms with Crippen LogP contribution in [-0.4, -0.2) is 47.8 Å². The van der Waals surface area contributed by atoms with E-state index in [9.17, 15) is 4.79 Å². The van der Waals surface area contributed by atoms with Crippen molar-refractivity contribution in [1.29, 1.82) is 0 Å². The van der Waals surface area contributed by atoms with Gasteiger partial charge in [0.2, 0.25) is 29.0 Å². The Hall–Kier alpha value is -2.12. The topological polar surface area (TPSA) is 116 Å². The van der Waals surface area contributed by atoms with E-state index < -0.39 is 29.1 Å². The van der Waals surface area contributed by atoms with E-state index in [0.29, 0.717) is 23.7 Å². The average molecular weight is 671 g/mol. The fourth-order valence-corrected chi connectivity index (χ4v) is 9.84. The fourth-order valence-electron chi connectivity index (χ4n) is 9.84. The lowest BCUT2D eigenvalue weighted by Crippen LogP contribution is -2.68. The van der Waals surface area contributed by atoms with Crippen molar-refractivity contribution < 1.29 is 19.2 Å². The van der Waals surface area contributed by atoms with E-state index in [2.05, 4.69) is 49.0 Å². The molecule has 0 aromatic heterocycles. The molecule has 4 N–H and O–H groups in total. The summed E-state index contributed by atoms with van der Waals surface area (Å²) in [6.45, 7) is 10.6. The van der Waals surface area contributed by atoms with Gasteiger partial charge in [0.1, 0.15) is 0 Å². The van der Waals surface area contributed by atoms with Crippen molar-refractivity contribution in [2.45, 2.75) is 194 Å². The zero-order valence-electron chi connectivity index (χ0n) is 31.2. The molecule has 0 aliphatic heterocycles. The molecule has 48 heavy (non-hydrogen) atoms. The zero-order valence-corrected chi connectivity index (χ0v) is 31.2. The van der Waals surface area contributed by atoms with Gasteiger partial charge < -0.3 is 21.3 Å². The standard InChI is InChI=1S/C40H70N4O4/c1-6-27-15-11-19-31(23-27)41-36(45)35(10-5)40(37(46)42-32-20-12-16-28(7-2)24-32,38(47)43-33-21-13-17-29(8-3)25-33)39(48)44-34-22-14-18-30(9-4)26-34/h27-35H,6-26H2,1-5H3,(H,41,45)(H,42,46)(H,43,47)(H,44,48). The monoisotopic (exact) mass is 671 g/mol. The number of nitrogens with one attached hydrogen (secondary N) is 4. The molecule has 4 aliphatic carbocycles. The highest BCUT2D eigenvalue weighted by Gasteiger charge is 2.61. The Balaban J connectivity index is 1.73. The molecule has 4 aliphatic rings. The molecule has 4 rings (SSSR count). The molecule has 0 saturated heterocycles. The number of hydrogen-bond donors (Lipinski definition) is 4. The van der Waals surface area contributed by atoms with Gasteiger partial charge in [-0.25, -0.2) is 0 Å². The fraction of sp³-hybridized carbons (Fsp3) is 0.900. The molecule has 9 unspecified atom stereocenters. The van der Waals surface area contributed by atoms with Gasteiger partial charge in [0.05, 0.1) is 5.92 Å². The molecule has 8 heteroatoms. The van der Waals surface area contributed by atoms with Crippen molar-refractivity contribution >= 4 is 23.6 Å². The summed E-state index contributed by atoms with van der Waals surface area (Å²) in [6.07, 6.45) is 19.8. The molecule has 0 heterocycles. The van der Waals surface area contributed by atoms with E-state index in [1.807, 2.05) is 6.92 Å². The van der Waals surface area contributed by atoms with Gasteiger partial charge >= 0.3 is 0 Å². The quantitative estimate of drug-likeness (QED) is 0.145. The van der Waals surface area contributed by atoms with E-state index in [0.717, 1.165) is 128 Å². The summed E-state index contributed by atoms with van der Waals surface area (Å²) in [5, 5.41) is 13.0. The zero-order chi connectivity index (χ0) is 34.7. The molecule has 4 saturated carbocycles. The molecule has 9 atom stereocenters. The van der Waals surface area contributed by atoms with Crippen molar-refractivity contribution in [1.82, 2.24) is 21.3 Å². The van der Waals surface area contributed by atoms with Gasteiger partial charge in [-0.2, -0.15) is 0 Å². The summed E-state index contributed by atoms with van der Waals surface area (Å²) >= 11 is 0. The molecule has 0 bridgehead atoms. The van der Waals surface area contributed by atoms with Gasteiger partial charge in [0.15, 0.2) is 0 Å². The van der Waals surface area contributed by atoms with E-state index in [1.54, 1.807) is 0 Å².